The van der Waals surface area contributed by atoms with Gasteiger partial charge in [0.15, 0.2) is 0 Å². The first-order valence-electron chi connectivity index (χ1n) is 8.99. The van der Waals surface area contributed by atoms with Crippen LogP contribution in [0.15, 0.2) is 17.2 Å². The minimum atomic E-state index is -3.54. The van der Waals surface area contributed by atoms with Gasteiger partial charge in [0.2, 0.25) is 10.0 Å². The Bertz CT molecular complexity index is 743. The van der Waals surface area contributed by atoms with Crippen LogP contribution in [0.4, 0.5) is 0 Å². The van der Waals surface area contributed by atoms with Crippen molar-refractivity contribution in [1.82, 2.24) is 19.1 Å². The van der Waals surface area contributed by atoms with Crippen molar-refractivity contribution in [3.8, 4) is 0 Å². The third kappa shape index (κ3) is 3.61. The second-order valence-electron chi connectivity index (χ2n) is 7.33. The fourth-order valence-corrected chi connectivity index (χ4v) is 5.36. The zero-order valence-corrected chi connectivity index (χ0v) is 16.1. The Balaban J connectivity index is 1.85. The van der Waals surface area contributed by atoms with Crippen LogP contribution in [0.1, 0.15) is 37.2 Å². The maximum atomic E-state index is 12.9. The lowest BCUT2D eigenvalue weighted by atomic mass is 10.0. The number of aromatic nitrogens is 1. The molecule has 25 heavy (non-hydrogen) atoms. The molecule has 3 heterocycles. The van der Waals surface area contributed by atoms with Crippen LogP contribution < -0.4 is 5.32 Å². The van der Waals surface area contributed by atoms with Gasteiger partial charge in [-0.2, -0.15) is 4.31 Å². The molecule has 1 N–H and O–H groups in total. The molecule has 3 rings (SSSR count). The zero-order chi connectivity index (χ0) is 18.2. The topological polar surface area (TPSA) is 74.7 Å². The molecule has 140 valence electrons. The first kappa shape index (κ1) is 18.4. The van der Waals surface area contributed by atoms with Crippen molar-refractivity contribution < 1.29 is 13.2 Å². The van der Waals surface area contributed by atoms with E-state index in [4.69, 9.17) is 0 Å². The molecule has 1 amide bonds. The summed E-state index contributed by atoms with van der Waals surface area (Å²) in [5.74, 6) is 0.264. The SMILES string of the molecule is CC1CCCN(S(=O)(=O)c2cc(C(=O)N3CCNC[C@@H]3C)n(C)c2)C1. The van der Waals surface area contributed by atoms with Crippen LogP contribution in [0.25, 0.3) is 0 Å². The highest BCUT2D eigenvalue weighted by molar-refractivity contribution is 7.89. The Labute approximate surface area is 150 Å². The van der Waals surface area contributed by atoms with Gasteiger partial charge in [-0.15, -0.1) is 0 Å². The summed E-state index contributed by atoms with van der Waals surface area (Å²) in [6.07, 6.45) is 3.51. The van der Waals surface area contributed by atoms with Crippen LogP contribution in [-0.4, -0.2) is 66.9 Å². The van der Waals surface area contributed by atoms with Gasteiger partial charge in [0, 0.05) is 52.0 Å². The second kappa shape index (κ2) is 7.09. The molecule has 0 aliphatic carbocycles. The van der Waals surface area contributed by atoms with E-state index in [0.29, 0.717) is 31.2 Å². The van der Waals surface area contributed by atoms with Gasteiger partial charge in [-0.25, -0.2) is 8.42 Å². The number of nitrogens with one attached hydrogen (secondary N) is 1. The normalized spacial score (nSPS) is 26.0. The highest BCUT2D eigenvalue weighted by atomic mass is 32.2. The molecule has 1 unspecified atom stereocenters. The molecule has 2 fully saturated rings. The van der Waals surface area contributed by atoms with Crippen molar-refractivity contribution in [2.24, 2.45) is 13.0 Å². The average Bonchev–Trinajstić information content (AvgIpc) is 2.97. The molecule has 1 aromatic heterocycles. The van der Waals surface area contributed by atoms with E-state index in [-0.39, 0.29) is 16.8 Å². The average molecular weight is 369 g/mol. The van der Waals surface area contributed by atoms with Gasteiger partial charge in [0.25, 0.3) is 5.91 Å². The number of aryl methyl sites for hydroxylation is 1. The number of hydrogen-bond donors (Lipinski definition) is 1. The van der Waals surface area contributed by atoms with Gasteiger partial charge in [0.05, 0.1) is 0 Å². The van der Waals surface area contributed by atoms with E-state index in [9.17, 15) is 13.2 Å². The summed E-state index contributed by atoms with van der Waals surface area (Å²) >= 11 is 0. The molecule has 2 aliphatic rings. The highest BCUT2D eigenvalue weighted by Crippen LogP contribution is 2.25. The Hall–Kier alpha value is -1.38. The summed E-state index contributed by atoms with van der Waals surface area (Å²) in [6.45, 7) is 7.34. The van der Waals surface area contributed by atoms with E-state index in [1.165, 1.54) is 6.07 Å². The number of nitrogens with zero attached hydrogens (tertiary/aromatic N) is 3. The van der Waals surface area contributed by atoms with Crippen LogP contribution in [0.5, 0.6) is 0 Å². The van der Waals surface area contributed by atoms with E-state index in [2.05, 4.69) is 12.2 Å². The highest BCUT2D eigenvalue weighted by Gasteiger charge is 2.32. The molecular weight excluding hydrogens is 340 g/mol. The number of sulfonamides is 1. The zero-order valence-electron chi connectivity index (χ0n) is 15.2. The number of hydrogen-bond acceptors (Lipinski definition) is 4. The lowest BCUT2D eigenvalue weighted by Crippen LogP contribution is -2.52. The molecular formula is C17H28N4O3S. The minimum Gasteiger partial charge on any atom is -0.345 e. The third-order valence-electron chi connectivity index (χ3n) is 5.22. The van der Waals surface area contributed by atoms with Gasteiger partial charge in [-0.05, 0) is 31.7 Å². The van der Waals surface area contributed by atoms with E-state index in [1.54, 1.807) is 22.1 Å². The van der Waals surface area contributed by atoms with Crippen LogP contribution in [0.2, 0.25) is 0 Å². The summed E-state index contributed by atoms with van der Waals surface area (Å²) < 4.78 is 29.1. The molecule has 1 aromatic rings. The molecule has 0 radical (unpaired) electrons. The molecule has 0 spiro atoms. The molecule has 7 nitrogen and oxygen atoms in total. The van der Waals surface area contributed by atoms with Crippen molar-refractivity contribution in [3.05, 3.63) is 18.0 Å². The molecule has 2 atom stereocenters. The first-order chi connectivity index (χ1) is 11.8. The summed E-state index contributed by atoms with van der Waals surface area (Å²) in [7, 11) is -1.81. The molecule has 8 heteroatoms. The van der Waals surface area contributed by atoms with Gasteiger partial charge in [0.1, 0.15) is 10.6 Å². The lowest BCUT2D eigenvalue weighted by molar-refractivity contribution is 0.0646. The van der Waals surface area contributed by atoms with Gasteiger partial charge in [-0.3, -0.25) is 4.79 Å². The van der Waals surface area contributed by atoms with Crippen LogP contribution in [0.3, 0.4) is 0 Å². The molecule has 2 aliphatic heterocycles. The monoisotopic (exact) mass is 368 g/mol. The number of carbonyl (C=O) groups excluding carboxylic acids is 1. The quantitative estimate of drug-likeness (QED) is 0.859. The van der Waals surface area contributed by atoms with Crippen molar-refractivity contribution in [1.29, 1.82) is 0 Å². The fraction of sp³-hybridized carbons (Fsp3) is 0.706. The number of amides is 1. The van der Waals surface area contributed by atoms with E-state index in [1.807, 2.05) is 11.8 Å². The Kier molecular flexibility index (Phi) is 5.22. The minimum absolute atomic E-state index is 0.0964. The van der Waals surface area contributed by atoms with Gasteiger partial charge >= 0.3 is 0 Å². The predicted octanol–water partition coefficient (Wildman–Crippen LogP) is 0.880. The van der Waals surface area contributed by atoms with Crippen molar-refractivity contribution in [3.63, 3.8) is 0 Å². The molecule has 0 bridgehead atoms. The van der Waals surface area contributed by atoms with Crippen molar-refractivity contribution >= 4 is 15.9 Å². The summed E-state index contributed by atoms with van der Waals surface area (Å²) in [5.41, 5.74) is 0.428. The second-order valence-corrected chi connectivity index (χ2v) is 9.27. The smallest absolute Gasteiger partial charge is 0.270 e. The standard InChI is InChI=1S/C17H28N4O3S/c1-13-5-4-7-20(11-13)25(23,24)15-9-16(19(3)12-15)17(22)21-8-6-18-10-14(21)2/h9,12-14,18H,4-8,10-11H2,1-3H3/t13?,14-/m0/s1. The van der Waals surface area contributed by atoms with Gasteiger partial charge in [-0.1, -0.05) is 6.92 Å². The van der Waals surface area contributed by atoms with Crippen LogP contribution in [-0.2, 0) is 17.1 Å². The van der Waals surface area contributed by atoms with Crippen molar-refractivity contribution in [2.45, 2.75) is 37.6 Å². The Morgan fingerprint density at radius 2 is 2.04 bits per heavy atom. The van der Waals surface area contributed by atoms with Crippen molar-refractivity contribution in [2.75, 3.05) is 32.7 Å². The Morgan fingerprint density at radius 3 is 2.72 bits per heavy atom. The maximum absolute atomic E-state index is 12.9. The number of carbonyl (C=O) groups is 1. The predicted molar refractivity (Wildman–Crippen MR) is 95.9 cm³/mol. The maximum Gasteiger partial charge on any atom is 0.270 e. The lowest BCUT2D eigenvalue weighted by Gasteiger charge is -2.34. The Morgan fingerprint density at radius 1 is 1.28 bits per heavy atom. The molecule has 0 saturated carbocycles. The van der Waals surface area contributed by atoms with E-state index < -0.39 is 10.0 Å². The first-order valence-corrected chi connectivity index (χ1v) is 10.4. The molecule has 2 saturated heterocycles. The summed E-state index contributed by atoms with van der Waals surface area (Å²) in [4.78, 5) is 14.9. The van der Waals surface area contributed by atoms with Crippen LogP contribution >= 0.6 is 0 Å². The van der Waals surface area contributed by atoms with E-state index in [0.717, 1.165) is 25.9 Å². The summed E-state index contributed by atoms with van der Waals surface area (Å²) in [6, 6.07) is 1.63. The third-order valence-corrected chi connectivity index (χ3v) is 7.05. The molecule has 0 aromatic carbocycles. The largest absolute Gasteiger partial charge is 0.345 e. The fourth-order valence-electron chi connectivity index (χ4n) is 3.69. The van der Waals surface area contributed by atoms with Gasteiger partial charge < -0.3 is 14.8 Å². The number of rotatable bonds is 3. The van der Waals surface area contributed by atoms with Crippen LogP contribution in [0, 0.1) is 5.92 Å². The van der Waals surface area contributed by atoms with E-state index >= 15 is 0 Å². The number of piperidine rings is 1. The number of piperazine rings is 1. The summed E-state index contributed by atoms with van der Waals surface area (Å²) in [5, 5.41) is 3.26.